The van der Waals surface area contributed by atoms with Crippen molar-refractivity contribution >= 4 is 22.4 Å². The van der Waals surface area contributed by atoms with Crippen LogP contribution in [0.1, 0.15) is 27.6 Å². The van der Waals surface area contributed by atoms with E-state index in [0.717, 1.165) is 6.42 Å². The third-order valence-corrected chi connectivity index (χ3v) is 4.60. The van der Waals surface area contributed by atoms with Crippen molar-refractivity contribution in [2.45, 2.75) is 25.6 Å². The van der Waals surface area contributed by atoms with E-state index < -0.39 is 0 Å². The van der Waals surface area contributed by atoms with E-state index in [0.29, 0.717) is 0 Å². The summed E-state index contributed by atoms with van der Waals surface area (Å²) in [6.45, 7) is 4.29. The van der Waals surface area contributed by atoms with Gasteiger partial charge in [0.25, 0.3) is 0 Å². The Kier molecular flexibility index (Phi) is 3.98. The molecule has 1 atom stereocenters. The zero-order valence-corrected chi connectivity index (χ0v) is 13.2. The molecule has 0 aliphatic heterocycles. The van der Waals surface area contributed by atoms with Crippen LogP contribution in [0.15, 0.2) is 60.7 Å². The molecular formula is C20H19Cl. The minimum Gasteiger partial charge on any atom is -0.117 e. The summed E-state index contributed by atoms with van der Waals surface area (Å²) in [6.07, 6.45) is 0.858. The highest BCUT2D eigenvalue weighted by Crippen LogP contribution is 2.30. The summed E-state index contributed by atoms with van der Waals surface area (Å²) in [7, 11) is 0. The summed E-state index contributed by atoms with van der Waals surface area (Å²) in [4.78, 5) is 0. The molecule has 0 N–H and O–H groups in total. The highest BCUT2D eigenvalue weighted by molar-refractivity contribution is 6.21. The molecule has 3 rings (SSSR count). The molecule has 0 saturated heterocycles. The Balaban J connectivity index is 1.89. The molecule has 0 aliphatic carbocycles. The van der Waals surface area contributed by atoms with Crippen molar-refractivity contribution < 1.29 is 0 Å². The normalized spacial score (nSPS) is 12.5. The molecule has 0 amide bonds. The van der Waals surface area contributed by atoms with E-state index in [9.17, 15) is 0 Å². The van der Waals surface area contributed by atoms with E-state index in [1.165, 1.54) is 33.0 Å². The Bertz CT molecular complexity index is 774. The molecule has 0 nitrogen and oxygen atoms in total. The Morgan fingerprint density at radius 1 is 0.857 bits per heavy atom. The van der Waals surface area contributed by atoms with Gasteiger partial charge in [-0.05, 0) is 53.3 Å². The van der Waals surface area contributed by atoms with E-state index in [2.05, 4.69) is 74.5 Å². The Morgan fingerprint density at radius 2 is 1.62 bits per heavy atom. The average molecular weight is 295 g/mol. The number of hydrogen-bond donors (Lipinski definition) is 0. The van der Waals surface area contributed by atoms with Gasteiger partial charge in [-0.1, -0.05) is 60.7 Å². The fourth-order valence-electron chi connectivity index (χ4n) is 2.80. The molecule has 0 aromatic heterocycles. The van der Waals surface area contributed by atoms with Crippen LogP contribution in [0, 0.1) is 13.8 Å². The SMILES string of the molecule is Cc1cccc(C(Cl)Cc2ccc3ccccc3c2)c1C. The Labute approximate surface area is 131 Å². The van der Waals surface area contributed by atoms with Crippen LogP contribution in [0.3, 0.4) is 0 Å². The lowest BCUT2D eigenvalue weighted by Crippen LogP contribution is -2.00. The van der Waals surface area contributed by atoms with Crippen molar-refractivity contribution in [2.75, 3.05) is 0 Å². The van der Waals surface area contributed by atoms with Gasteiger partial charge >= 0.3 is 0 Å². The van der Waals surface area contributed by atoms with Gasteiger partial charge in [0.05, 0.1) is 5.38 Å². The molecule has 0 spiro atoms. The van der Waals surface area contributed by atoms with Gasteiger partial charge in [0.15, 0.2) is 0 Å². The summed E-state index contributed by atoms with van der Waals surface area (Å²) in [6, 6.07) is 21.4. The maximum absolute atomic E-state index is 6.67. The first-order chi connectivity index (χ1) is 10.1. The third kappa shape index (κ3) is 2.96. The zero-order valence-electron chi connectivity index (χ0n) is 12.4. The van der Waals surface area contributed by atoms with Crippen LogP contribution in [-0.4, -0.2) is 0 Å². The fraction of sp³-hybridized carbons (Fsp3) is 0.200. The van der Waals surface area contributed by atoms with Crippen LogP contribution in [0.2, 0.25) is 0 Å². The molecule has 1 heteroatoms. The van der Waals surface area contributed by atoms with E-state index >= 15 is 0 Å². The van der Waals surface area contributed by atoms with Gasteiger partial charge in [0, 0.05) is 0 Å². The van der Waals surface area contributed by atoms with Crippen molar-refractivity contribution in [3.05, 3.63) is 82.9 Å². The molecule has 0 radical (unpaired) electrons. The summed E-state index contributed by atoms with van der Waals surface area (Å²) in [5.41, 5.74) is 5.13. The molecule has 0 bridgehead atoms. The first-order valence-corrected chi connectivity index (χ1v) is 7.76. The smallest absolute Gasteiger partial charge is 0.0628 e. The van der Waals surface area contributed by atoms with Crippen LogP contribution in [0.5, 0.6) is 0 Å². The lowest BCUT2D eigenvalue weighted by Gasteiger charge is -2.15. The molecule has 3 aromatic carbocycles. The average Bonchev–Trinajstić information content (AvgIpc) is 2.50. The van der Waals surface area contributed by atoms with Crippen molar-refractivity contribution in [2.24, 2.45) is 0 Å². The summed E-state index contributed by atoms with van der Waals surface area (Å²) in [5.74, 6) is 0. The second kappa shape index (κ2) is 5.91. The number of rotatable bonds is 3. The summed E-state index contributed by atoms with van der Waals surface area (Å²) >= 11 is 6.67. The molecule has 3 aromatic rings. The van der Waals surface area contributed by atoms with Crippen LogP contribution in [-0.2, 0) is 6.42 Å². The van der Waals surface area contributed by atoms with Crippen molar-refractivity contribution in [3.63, 3.8) is 0 Å². The number of alkyl halides is 1. The van der Waals surface area contributed by atoms with Crippen LogP contribution < -0.4 is 0 Å². The quantitative estimate of drug-likeness (QED) is 0.521. The minimum absolute atomic E-state index is 0.0195. The fourth-order valence-corrected chi connectivity index (χ4v) is 3.21. The van der Waals surface area contributed by atoms with Gasteiger partial charge in [-0.3, -0.25) is 0 Å². The van der Waals surface area contributed by atoms with Crippen molar-refractivity contribution in [1.82, 2.24) is 0 Å². The van der Waals surface area contributed by atoms with Crippen molar-refractivity contribution in [3.8, 4) is 0 Å². The molecule has 0 fully saturated rings. The van der Waals surface area contributed by atoms with E-state index in [4.69, 9.17) is 11.6 Å². The van der Waals surface area contributed by atoms with Gasteiger partial charge in [0.1, 0.15) is 0 Å². The number of fused-ring (bicyclic) bond motifs is 1. The standard InChI is InChI=1S/C20H19Cl/c1-14-6-5-9-19(15(14)2)20(21)13-16-10-11-17-7-3-4-8-18(17)12-16/h3-12,20H,13H2,1-2H3. The van der Waals surface area contributed by atoms with Crippen LogP contribution >= 0.6 is 11.6 Å². The summed E-state index contributed by atoms with van der Waals surface area (Å²) < 4.78 is 0. The largest absolute Gasteiger partial charge is 0.117 e. The topological polar surface area (TPSA) is 0 Å². The second-order valence-corrected chi connectivity index (χ2v) is 6.17. The van der Waals surface area contributed by atoms with E-state index in [1.807, 2.05) is 0 Å². The number of halogens is 1. The highest BCUT2D eigenvalue weighted by Gasteiger charge is 2.12. The lowest BCUT2D eigenvalue weighted by molar-refractivity contribution is 0.908. The highest BCUT2D eigenvalue weighted by atomic mass is 35.5. The summed E-state index contributed by atoms with van der Waals surface area (Å²) in [5, 5.41) is 2.57. The first kappa shape index (κ1) is 14.2. The van der Waals surface area contributed by atoms with Gasteiger partial charge in [-0.15, -0.1) is 11.6 Å². The zero-order chi connectivity index (χ0) is 14.8. The predicted octanol–water partition coefficient (Wildman–Crippen LogP) is 5.98. The van der Waals surface area contributed by atoms with Gasteiger partial charge in [-0.2, -0.15) is 0 Å². The van der Waals surface area contributed by atoms with Gasteiger partial charge in [-0.25, -0.2) is 0 Å². The van der Waals surface area contributed by atoms with Crippen LogP contribution in [0.4, 0.5) is 0 Å². The molecule has 0 heterocycles. The first-order valence-electron chi connectivity index (χ1n) is 7.33. The third-order valence-electron chi connectivity index (χ3n) is 4.21. The van der Waals surface area contributed by atoms with E-state index in [-0.39, 0.29) is 5.38 Å². The minimum atomic E-state index is 0.0195. The molecule has 0 saturated carbocycles. The lowest BCUT2D eigenvalue weighted by atomic mass is 9.96. The maximum Gasteiger partial charge on any atom is 0.0628 e. The Hall–Kier alpha value is -1.79. The van der Waals surface area contributed by atoms with Crippen molar-refractivity contribution in [1.29, 1.82) is 0 Å². The molecule has 106 valence electrons. The molecule has 1 unspecified atom stereocenters. The number of aryl methyl sites for hydroxylation is 1. The predicted molar refractivity (Wildman–Crippen MR) is 92.2 cm³/mol. The molecular weight excluding hydrogens is 276 g/mol. The Morgan fingerprint density at radius 3 is 2.43 bits per heavy atom. The maximum atomic E-state index is 6.67. The van der Waals surface area contributed by atoms with Gasteiger partial charge in [0.2, 0.25) is 0 Å². The molecule has 0 aliphatic rings. The van der Waals surface area contributed by atoms with Gasteiger partial charge < -0.3 is 0 Å². The number of benzene rings is 3. The van der Waals surface area contributed by atoms with E-state index in [1.54, 1.807) is 0 Å². The number of hydrogen-bond acceptors (Lipinski definition) is 0. The monoisotopic (exact) mass is 294 g/mol. The van der Waals surface area contributed by atoms with Crippen LogP contribution in [0.25, 0.3) is 10.8 Å². The second-order valence-electron chi connectivity index (χ2n) is 5.64. The molecule has 21 heavy (non-hydrogen) atoms.